The van der Waals surface area contributed by atoms with Gasteiger partial charge in [-0.3, -0.25) is 9.59 Å². The van der Waals surface area contributed by atoms with Crippen molar-refractivity contribution in [2.75, 3.05) is 23.4 Å². The first-order chi connectivity index (χ1) is 12.1. The maximum absolute atomic E-state index is 12.9. The third kappa shape index (κ3) is 3.85. The van der Waals surface area contributed by atoms with Gasteiger partial charge >= 0.3 is 0 Å². The Morgan fingerprint density at radius 3 is 2.76 bits per heavy atom. The standard InChI is InChI=1S/C19H17FN2O3/c1-2-9-22-16-8-7-15(11-17(16)25-12-19(22)24)21-18(23)10-13-3-5-14(20)6-4-13/h2-8,11H,1,9-10,12H2,(H,21,23). The molecule has 0 atom stereocenters. The van der Waals surface area contributed by atoms with Crippen LogP contribution in [0.1, 0.15) is 5.56 Å². The minimum absolute atomic E-state index is 0.0478. The molecule has 0 unspecified atom stereocenters. The molecule has 0 radical (unpaired) electrons. The van der Waals surface area contributed by atoms with Crippen LogP contribution in [0, 0.1) is 5.82 Å². The number of nitrogens with one attached hydrogen (secondary N) is 1. The lowest BCUT2D eigenvalue weighted by atomic mass is 10.1. The largest absolute Gasteiger partial charge is 0.481 e. The van der Waals surface area contributed by atoms with E-state index in [-0.39, 0.29) is 30.7 Å². The van der Waals surface area contributed by atoms with Crippen molar-refractivity contribution in [1.29, 1.82) is 0 Å². The minimum Gasteiger partial charge on any atom is -0.481 e. The molecule has 1 aliphatic rings. The van der Waals surface area contributed by atoms with Crippen LogP contribution in [-0.4, -0.2) is 25.0 Å². The number of hydrogen-bond acceptors (Lipinski definition) is 3. The molecule has 0 saturated carbocycles. The molecule has 6 heteroatoms. The molecule has 0 bridgehead atoms. The highest BCUT2D eigenvalue weighted by Crippen LogP contribution is 2.34. The van der Waals surface area contributed by atoms with Gasteiger partial charge in [-0.2, -0.15) is 0 Å². The zero-order chi connectivity index (χ0) is 17.8. The van der Waals surface area contributed by atoms with Gasteiger partial charge in [0, 0.05) is 18.3 Å². The topological polar surface area (TPSA) is 58.6 Å². The van der Waals surface area contributed by atoms with Crippen molar-refractivity contribution in [2.24, 2.45) is 0 Å². The summed E-state index contributed by atoms with van der Waals surface area (Å²) in [4.78, 5) is 25.6. The SMILES string of the molecule is C=CCN1C(=O)COc2cc(NC(=O)Cc3ccc(F)cc3)ccc21. The smallest absolute Gasteiger partial charge is 0.265 e. The van der Waals surface area contributed by atoms with Crippen molar-refractivity contribution in [3.63, 3.8) is 0 Å². The normalized spacial score (nSPS) is 13.0. The molecule has 25 heavy (non-hydrogen) atoms. The van der Waals surface area contributed by atoms with Gasteiger partial charge in [-0.05, 0) is 29.8 Å². The van der Waals surface area contributed by atoms with Crippen LogP contribution in [0.5, 0.6) is 5.75 Å². The zero-order valence-electron chi connectivity index (χ0n) is 13.5. The lowest BCUT2D eigenvalue weighted by Gasteiger charge is -2.28. The van der Waals surface area contributed by atoms with Crippen LogP contribution in [0.2, 0.25) is 0 Å². The molecular weight excluding hydrogens is 323 g/mol. The monoisotopic (exact) mass is 340 g/mol. The Morgan fingerprint density at radius 1 is 1.28 bits per heavy atom. The maximum Gasteiger partial charge on any atom is 0.265 e. The molecule has 0 saturated heterocycles. The predicted molar refractivity (Wildman–Crippen MR) is 93.2 cm³/mol. The summed E-state index contributed by atoms with van der Waals surface area (Å²) in [6.45, 7) is 4.00. The molecule has 1 heterocycles. The summed E-state index contributed by atoms with van der Waals surface area (Å²) in [5.74, 6) is -0.169. The molecule has 1 aliphatic heterocycles. The van der Waals surface area contributed by atoms with Crippen LogP contribution < -0.4 is 15.0 Å². The fourth-order valence-corrected chi connectivity index (χ4v) is 2.60. The molecule has 2 amide bonds. The molecule has 0 aromatic heterocycles. The number of anilines is 2. The van der Waals surface area contributed by atoms with E-state index in [0.717, 1.165) is 5.56 Å². The molecule has 2 aromatic carbocycles. The summed E-state index contributed by atoms with van der Waals surface area (Å²) >= 11 is 0. The molecular formula is C19H17FN2O3. The number of halogens is 1. The van der Waals surface area contributed by atoms with Crippen LogP contribution in [-0.2, 0) is 16.0 Å². The molecule has 0 fully saturated rings. The highest BCUT2D eigenvalue weighted by Gasteiger charge is 2.24. The molecule has 3 rings (SSSR count). The van der Waals surface area contributed by atoms with E-state index in [1.54, 1.807) is 41.3 Å². The van der Waals surface area contributed by atoms with Gasteiger partial charge < -0.3 is 15.0 Å². The van der Waals surface area contributed by atoms with Crippen molar-refractivity contribution in [1.82, 2.24) is 0 Å². The van der Waals surface area contributed by atoms with E-state index in [1.807, 2.05) is 0 Å². The van der Waals surface area contributed by atoms with E-state index in [0.29, 0.717) is 23.7 Å². The lowest BCUT2D eigenvalue weighted by molar-refractivity contribution is -0.121. The number of fused-ring (bicyclic) bond motifs is 1. The van der Waals surface area contributed by atoms with Gasteiger partial charge in [0.2, 0.25) is 5.91 Å². The van der Waals surface area contributed by atoms with Crippen molar-refractivity contribution < 1.29 is 18.7 Å². The zero-order valence-corrected chi connectivity index (χ0v) is 13.5. The minimum atomic E-state index is -0.338. The summed E-state index contributed by atoms with van der Waals surface area (Å²) < 4.78 is 18.3. The maximum atomic E-state index is 12.9. The summed E-state index contributed by atoms with van der Waals surface area (Å²) in [5.41, 5.74) is 1.93. The number of amides is 2. The van der Waals surface area contributed by atoms with Crippen LogP contribution in [0.3, 0.4) is 0 Å². The van der Waals surface area contributed by atoms with Gasteiger partial charge in [0.25, 0.3) is 5.91 Å². The van der Waals surface area contributed by atoms with E-state index >= 15 is 0 Å². The Balaban J connectivity index is 1.71. The second-order valence-electron chi connectivity index (χ2n) is 5.62. The summed E-state index contributed by atoms with van der Waals surface area (Å²) in [6, 6.07) is 10.9. The Kier molecular flexibility index (Phi) is 4.79. The quantitative estimate of drug-likeness (QED) is 0.852. The first-order valence-electron chi connectivity index (χ1n) is 7.79. The van der Waals surface area contributed by atoms with Crippen molar-refractivity contribution in [2.45, 2.75) is 6.42 Å². The van der Waals surface area contributed by atoms with Gasteiger partial charge in [-0.25, -0.2) is 4.39 Å². The molecule has 0 aliphatic carbocycles. The fraction of sp³-hybridized carbons (Fsp3) is 0.158. The van der Waals surface area contributed by atoms with Crippen LogP contribution in [0.25, 0.3) is 0 Å². The summed E-state index contributed by atoms with van der Waals surface area (Å²) in [7, 11) is 0. The molecule has 128 valence electrons. The number of carbonyl (C=O) groups is 2. The number of nitrogens with zero attached hydrogens (tertiary/aromatic N) is 1. The summed E-state index contributed by atoms with van der Waals surface area (Å²) in [5, 5.41) is 2.78. The number of hydrogen-bond donors (Lipinski definition) is 1. The summed E-state index contributed by atoms with van der Waals surface area (Å²) in [6.07, 6.45) is 1.78. The van der Waals surface area contributed by atoms with Gasteiger partial charge in [0.05, 0.1) is 12.1 Å². The second-order valence-corrected chi connectivity index (χ2v) is 5.62. The van der Waals surface area contributed by atoms with Crippen LogP contribution >= 0.6 is 0 Å². The van der Waals surface area contributed by atoms with Gasteiger partial charge in [-0.15, -0.1) is 6.58 Å². The molecule has 2 aromatic rings. The lowest BCUT2D eigenvalue weighted by Crippen LogP contribution is -2.38. The van der Waals surface area contributed by atoms with Crippen molar-refractivity contribution >= 4 is 23.2 Å². The molecule has 5 nitrogen and oxygen atoms in total. The average Bonchev–Trinajstić information content (AvgIpc) is 2.59. The van der Waals surface area contributed by atoms with E-state index in [2.05, 4.69) is 11.9 Å². The number of benzene rings is 2. The Bertz CT molecular complexity index is 818. The van der Waals surface area contributed by atoms with E-state index in [1.165, 1.54) is 12.1 Å². The molecule has 1 N–H and O–H groups in total. The van der Waals surface area contributed by atoms with Gasteiger partial charge in [0.1, 0.15) is 11.6 Å². The Morgan fingerprint density at radius 2 is 2.04 bits per heavy atom. The Labute approximate surface area is 144 Å². The predicted octanol–water partition coefficient (Wildman–Crippen LogP) is 2.92. The first-order valence-corrected chi connectivity index (χ1v) is 7.79. The van der Waals surface area contributed by atoms with Crippen LogP contribution in [0.15, 0.2) is 55.1 Å². The highest BCUT2D eigenvalue weighted by molar-refractivity contribution is 5.99. The first kappa shape index (κ1) is 16.7. The third-order valence-corrected chi connectivity index (χ3v) is 3.78. The molecule has 0 spiro atoms. The van der Waals surface area contributed by atoms with Crippen molar-refractivity contribution in [3.05, 3.63) is 66.5 Å². The number of carbonyl (C=O) groups excluding carboxylic acids is 2. The van der Waals surface area contributed by atoms with E-state index in [9.17, 15) is 14.0 Å². The van der Waals surface area contributed by atoms with Crippen molar-refractivity contribution in [3.8, 4) is 5.75 Å². The second kappa shape index (κ2) is 7.17. The van der Waals surface area contributed by atoms with Gasteiger partial charge in [-0.1, -0.05) is 18.2 Å². The van der Waals surface area contributed by atoms with E-state index < -0.39 is 0 Å². The third-order valence-electron chi connectivity index (χ3n) is 3.78. The number of ether oxygens (including phenoxy) is 1. The fourth-order valence-electron chi connectivity index (χ4n) is 2.60. The average molecular weight is 340 g/mol. The highest BCUT2D eigenvalue weighted by atomic mass is 19.1. The van der Waals surface area contributed by atoms with Crippen LogP contribution in [0.4, 0.5) is 15.8 Å². The van der Waals surface area contributed by atoms with Gasteiger partial charge in [0.15, 0.2) is 6.61 Å². The number of rotatable bonds is 5. The Hall–Kier alpha value is -3.15. The van der Waals surface area contributed by atoms with E-state index in [4.69, 9.17) is 4.74 Å².